The Hall–Kier alpha value is -3.95. The molecule has 4 aromatic rings. The van der Waals surface area contributed by atoms with Gasteiger partial charge in [-0.1, -0.05) is 73.7 Å². The molecule has 7 nitrogen and oxygen atoms in total. The minimum atomic E-state index is -0.554. The van der Waals surface area contributed by atoms with Crippen molar-refractivity contribution in [3.63, 3.8) is 0 Å². The van der Waals surface area contributed by atoms with Crippen molar-refractivity contribution in [3.8, 4) is 11.1 Å². The van der Waals surface area contributed by atoms with Crippen molar-refractivity contribution in [2.45, 2.75) is 57.3 Å². The van der Waals surface area contributed by atoms with Gasteiger partial charge in [-0.15, -0.1) is 11.8 Å². The molecule has 0 radical (unpaired) electrons. The number of hydrogen-bond donors (Lipinski definition) is 3. The smallest absolute Gasteiger partial charge is 0.221 e. The van der Waals surface area contributed by atoms with Crippen molar-refractivity contribution < 1.29 is 24.2 Å². The minimum absolute atomic E-state index is 0.00438. The molecular formula is C36H38N2O5S. The fourth-order valence-electron chi connectivity index (χ4n) is 5.25. The second-order valence-corrected chi connectivity index (χ2v) is 12.2. The van der Waals surface area contributed by atoms with Crippen LogP contribution in [0.2, 0.25) is 0 Å². The van der Waals surface area contributed by atoms with E-state index in [1.165, 1.54) is 13.8 Å². The van der Waals surface area contributed by atoms with Crippen molar-refractivity contribution in [1.82, 2.24) is 5.32 Å². The number of benzene rings is 4. The van der Waals surface area contributed by atoms with E-state index in [2.05, 4.69) is 41.8 Å². The number of rotatable bonds is 10. The van der Waals surface area contributed by atoms with Gasteiger partial charge in [0.15, 0.2) is 6.29 Å². The zero-order chi connectivity index (χ0) is 31.1. The summed E-state index contributed by atoms with van der Waals surface area (Å²) in [4.78, 5) is 23.8. The van der Waals surface area contributed by atoms with Gasteiger partial charge in [-0.2, -0.15) is 0 Å². The summed E-state index contributed by atoms with van der Waals surface area (Å²) in [5.41, 5.74) is 6.78. The maximum absolute atomic E-state index is 11.4. The average Bonchev–Trinajstić information content (AvgIpc) is 3.04. The zero-order valence-electron chi connectivity index (χ0n) is 25.2. The Balaban J connectivity index is 1.34. The molecule has 8 heteroatoms. The first-order valence-corrected chi connectivity index (χ1v) is 15.7. The van der Waals surface area contributed by atoms with Crippen molar-refractivity contribution in [2.24, 2.45) is 5.92 Å². The summed E-state index contributed by atoms with van der Waals surface area (Å²) in [7, 11) is 0. The Bertz CT molecular complexity index is 1560. The van der Waals surface area contributed by atoms with Crippen molar-refractivity contribution in [2.75, 3.05) is 11.1 Å². The van der Waals surface area contributed by atoms with Gasteiger partial charge in [-0.3, -0.25) is 9.59 Å². The number of nitrogens with one attached hydrogen (secondary N) is 2. The minimum Gasteiger partial charge on any atom is -0.392 e. The number of amides is 2. The van der Waals surface area contributed by atoms with Crippen LogP contribution in [0, 0.1) is 5.92 Å². The monoisotopic (exact) mass is 610 g/mol. The molecule has 0 aromatic heterocycles. The van der Waals surface area contributed by atoms with Crippen LogP contribution in [0.3, 0.4) is 0 Å². The van der Waals surface area contributed by atoms with Gasteiger partial charge in [0, 0.05) is 48.2 Å². The lowest BCUT2D eigenvalue weighted by Crippen LogP contribution is -2.38. The maximum atomic E-state index is 11.4. The van der Waals surface area contributed by atoms with Gasteiger partial charge in [0.25, 0.3) is 0 Å². The third-order valence-corrected chi connectivity index (χ3v) is 8.80. The largest absolute Gasteiger partial charge is 0.392 e. The summed E-state index contributed by atoms with van der Waals surface area (Å²) in [6.07, 6.45) is -0.845. The highest BCUT2D eigenvalue weighted by Crippen LogP contribution is 2.43. The predicted octanol–water partition coefficient (Wildman–Crippen LogP) is 7.02. The van der Waals surface area contributed by atoms with Crippen LogP contribution in [0.4, 0.5) is 5.69 Å². The summed E-state index contributed by atoms with van der Waals surface area (Å²) >= 11 is 1.71. The van der Waals surface area contributed by atoms with Crippen LogP contribution < -0.4 is 10.6 Å². The Labute approximate surface area is 263 Å². The fourth-order valence-corrected chi connectivity index (χ4v) is 6.31. The van der Waals surface area contributed by atoms with Crippen molar-refractivity contribution in [3.05, 3.63) is 119 Å². The third-order valence-electron chi connectivity index (χ3n) is 7.70. The van der Waals surface area contributed by atoms with Gasteiger partial charge in [-0.05, 0) is 58.1 Å². The van der Waals surface area contributed by atoms with Gasteiger partial charge < -0.3 is 25.2 Å². The van der Waals surface area contributed by atoms with E-state index in [4.69, 9.17) is 9.47 Å². The normalized spacial score (nSPS) is 19.7. The van der Waals surface area contributed by atoms with Gasteiger partial charge in [0.2, 0.25) is 11.8 Å². The Morgan fingerprint density at radius 2 is 1.50 bits per heavy atom. The third kappa shape index (κ3) is 8.15. The molecule has 0 unspecified atom stereocenters. The van der Waals surface area contributed by atoms with Crippen LogP contribution in [0.1, 0.15) is 55.4 Å². The van der Waals surface area contributed by atoms with Crippen molar-refractivity contribution >= 4 is 29.3 Å². The molecule has 1 aliphatic rings. The van der Waals surface area contributed by atoms with Crippen LogP contribution >= 0.6 is 11.8 Å². The molecule has 228 valence electrons. The molecular weight excluding hydrogens is 572 g/mol. The Morgan fingerprint density at radius 1 is 0.795 bits per heavy atom. The first kappa shape index (κ1) is 31.5. The van der Waals surface area contributed by atoms with E-state index in [9.17, 15) is 14.7 Å². The molecule has 1 heterocycles. The van der Waals surface area contributed by atoms with E-state index in [1.807, 2.05) is 72.8 Å². The van der Waals surface area contributed by atoms with Crippen LogP contribution in [0.5, 0.6) is 0 Å². The number of aliphatic hydroxyl groups is 1. The highest BCUT2D eigenvalue weighted by molar-refractivity contribution is 7.99. The van der Waals surface area contributed by atoms with Crippen LogP contribution in [0.15, 0.2) is 102 Å². The van der Waals surface area contributed by atoms with Gasteiger partial charge >= 0.3 is 0 Å². The highest BCUT2D eigenvalue weighted by Gasteiger charge is 2.38. The molecule has 1 aliphatic heterocycles. The van der Waals surface area contributed by atoms with E-state index in [-0.39, 0.29) is 36.5 Å². The number of carbonyl (C=O) groups is 2. The lowest BCUT2D eigenvalue weighted by Gasteiger charge is -2.41. The first-order chi connectivity index (χ1) is 21.3. The molecule has 4 atom stereocenters. The number of aliphatic hydroxyl groups excluding tert-OH is 1. The van der Waals surface area contributed by atoms with Crippen LogP contribution in [0.25, 0.3) is 11.1 Å². The second-order valence-electron chi connectivity index (χ2n) is 11.1. The van der Waals surface area contributed by atoms with Gasteiger partial charge in [0.05, 0.1) is 18.8 Å². The molecule has 0 bridgehead atoms. The zero-order valence-corrected chi connectivity index (χ0v) is 26.0. The maximum Gasteiger partial charge on any atom is 0.221 e. The van der Waals surface area contributed by atoms with Crippen molar-refractivity contribution in [1.29, 1.82) is 0 Å². The summed E-state index contributed by atoms with van der Waals surface area (Å²) in [6.45, 7) is 5.66. The van der Waals surface area contributed by atoms with E-state index in [0.717, 1.165) is 49.7 Å². The lowest BCUT2D eigenvalue weighted by atomic mass is 9.91. The molecule has 5 rings (SSSR count). The molecule has 1 fully saturated rings. The fraction of sp³-hybridized carbons (Fsp3) is 0.278. The number of thioether (sulfide) groups is 1. The first-order valence-electron chi connectivity index (χ1n) is 14.7. The lowest BCUT2D eigenvalue weighted by molar-refractivity contribution is -0.268. The number of anilines is 1. The molecule has 2 amide bonds. The quantitative estimate of drug-likeness (QED) is 0.167. The molecule has 1 saturated heterocycles. The number of ether oxygens (including phenoxy) is 2. The molecule has 44 heavy (non-hydrogen) atoms. The van der Waals surface area contributed by atoms with E-state index in [1.54, 1.807) is 11.8 Å². The summed E-state index contributed by atoms with van der Waals surface area (Å²) in [5.74, 6) is 0.650. The van der Waals surface area contributed by atoms with E-state index >= 15 is 0 Å². The number of hydrogen-bond acceptors (Lipinski definition) is 6. The Kier molecular flexibility index (Phi) is 10.5. The number of carbonyl (C=O) groups excluding carboxylic acids is 2. The van der Waals surface area contributed by atoms with E-state index in [0.29, 0.717) is 6.54 Å². The molecule has 0 spiro atoms. The topological polar surface area (TPSA) is 96.9 Å². The van der Waals surface area contributed by atoms with Gasteiger partial charge in [0.1, 0.15) is 0 Å². The molecule has 0 saturated carbocycles. The molecule has 4 aromatic carbocycles. The summed E-state index contributed by atoms with van der Waals surface area (Å²) in [6, 6.07) is 32.1. The molecule has 0 aliphatic carbocycles. The highest BCUT2D eigenvalue weighted by atomic mass is 32.2. The standard InChI is InChI=1S/C36H38N2O5S/c1-23-34(22-44-33-17-15-32(16-18-33)38-25(3)41)42-36(43-35(23)29-9-7-26(21-39)8-10-29)30-13-11-28(12-14-30)31-6-4-5-27(19-31)20-37-24(2)40/h4-19,23,34-36,39H,20-22H2,1-3H3,(H,37,40)(H,38,41)/t23-,34+,35+,36+/m1/s1. The molecule has 3 N–H and O–H groups in total. The van der Waals surface area contributed by atoms with Gasteiger partial charge in [-0.25, -0.2) is 0 Å². The Morgan fingerprint density at radius 3 is 2.16 bits per heavy atom. The van der Waals surface area contributed by atoms with Crippen LogP contribution in [-0.4, -0.2) is 28.8 Å². The average molecular weight is 611 g/mol. The summed E-state index contributed by atoms with van der Waals surface area (Å²) < 4.78 is 13.2. The second kappa shape index (κ2) is 14.7. The SMILES string of the molecule is CC(=O)NCc1cccc(-c2ccc([C@H]3O[C@@H](CSc4ccc(NC(C)=O)cc4)[C@@H](C)[C@@H](c4ccc(CO)cc4)O3)cc2)c1. The van der Waals surface area contributed by atoms with E-state index < -0.39 is 6.29 Å². The summed E-state index contributed by atoms with van der Waals surface area (Å²) in [5, 5.41) is 15.2. The van der Waals surface area contributed by atoms with Crippen LogP contribution in [-0.2, 0) is 32.2 Å². The predicted molar refractivity (Wildman–Crippen MR) is 174 cm³/mol.